The summed E-state index contributed by atoms with van der Waals surface area (Å²) in [5, 5.41) is 11.9. The van der Waals surface area contributed by atoms with Crippen molar-refractivity contribution >= 4 is 35.3 Å². The summed E-state index contributed by atoms with van der Waals surface area (Å²) < 4.78 is 1.54. The molecule has 0 radical (unpaired) electrons. The van der Waals surface area contributed by atoms with Crippen molar-refractivity contribution in [3.05, 3.63) is 41.2 Å². The fraction of sp³-hybridized carbons (Fsp3) is 0.312. The number of halogens is 1. The Morgan fingerprint density at radius 3 is 2.54 bits per heavy atom. The lowest BCUT2D eigenvalue weighted by atomic mass is 10.2. The number of thioether (sulfide) groups is 1. The highest BCUT2D eigenvalue weighted by atomic mass is 35.5. The van der Waals surface area contributed by atoms with E-state index in [9.17, 15) is 0 Å². The predicted molar refractivity (Wildman–Crippen MR) is 104 cm³/mol. The van der Waals surface area contributed by atoms with Crippen molar-refractivity contribution in [3.63, 3.8) is 0 Å². The third-order valence-corrected chi connectivity index (χ3v) is 4.40. The van der Waals surface area contributed by atoms with Gasteiger partial charge in [0.25, 0.3) is 5.95 Å². The van der Waals surface area contributed by atoms with Crippen LogP contribution in [0.15, 0.2) is 35.7 Å². The predicted octanol–water partition coefficient (Wildman–Crippen LogP) is 3.26. The highest BCUT2D eigenvalue weighted by Crippen LogP contribution is 2.21. The van der Waals surface area contributed by atoms with Crippen LogP contribution in [0.2, 0.25) is 5.02 Å². The van der Waals surface area contributed by atoms with Gasteiger partial charge >= 0.3 is 0 Å². The Kier molecular flexibility index (Phi) is 5.89. The van der Waals surface area contributed by atoms with E-state index in [0.29, 0.717) is 23.0 Å². The molecule has 0 bridgehead atoms. The van der Waals surface area contributed by atoms with Gasteiger partial charge in [-0.1, -0.05) is 35.5 Å². The van der Waals surface area contributed by atoms with Crippen LogP contribution in [-0.4, -0.2) is 42.8 Å². The Bertz CT molecular complexity index is 865. The first kappa shape index (κ1) is 18.4. The minimum atomic E-state index is 0.205. The van der Waals surface area contributed by atoms with E-state index in [1.165, 1.54) is 16.4 Å². The normalized spacial score (nSPS) is 11.0. The molecule has 0 unspecified atom stereocenters. The number of benzene rings is 1. The molecule has 0 atom stereocenters. The largest absolute Gasteiger partial charge is 0.357 e. The molecule has 0 saturated heterocycles. The van der Waals surface area contributed by atoms with E-state index in [4.69, 9.17) is 11.6 Å². The van der Waals surface area contributed by atoms with Gasteiger partial charge in [0.15, 0.2) is 0 Å². The smallest absolute Gasteiger partial charge is 0.258 e. The summed E-state index contributed by atoms with van der Waals surface area (Å²) in [5.74, 6) is 2.10. The molecule has 0 amide bonds. The van der Waals surface area contributed by atoms with Gasteiger partial charge in [-0.25, -0.2) is 4.98 Å². The van der Waals surface area contributed by atoms with Crippen LogP contribution in [-0.2, 0) is 5.75 Å². The SMILES string of the molecule is CNc1nc(NC(C)C)nc(-n2cnc(SCc3ccc(Cl)cc3)n2)n1. The summed E-state index contributed by atoms with van der Waals surface area (Å²) in [5.41, 5.74) is 1.15. The average Bonchev–Trinajstić information content (AvgIpc) is 3.09. The van der Waals surface area contributed by atoms with Crippen molar-refractivity contribution in [1.82, 2.24) is 29.7 Å². The molecule has 3 rings (SSSR count). The summed E-state index contributed by atoms with van der Waals surface area (Å²) in [7, 11) is 1.76. The molecule has 10 heteroatoms. The fourth-order valence-electron chi connectivity index (χ4n) is 2.04. The highest BCUT2D eigenvalue weighted by Gasteiger charge is 2.11. The molecular weight excluding hydrogens is 372 g/mol. The first-order valence-corrected chi connectivity index (χ1v) is 9.39. The number of hydrogen-bond donors (Lipinski definition) is 2. The maximum Gasteiger partial charge on any atom is 0.258 e. The number of nitrogens with one attached hydrogen (secondary N) is 2. The number of rotatable bonds is 7. The van der Waals surface area contributed by atoms with Crippen LogP contribution in [0.3, 0.4) is 0 Å². The monoisotopic (exact) mass is 390 g/mol. The van der Waals surface area contributed by atoms with E-state index in [1.807, 2.05) is 38.1 Å². The van der Waals surface area contributed by atoms with E-state index < -0.39 is 0 Å². The van der Waals surface area contributed by atoms with Gasteiger partial charge in [-0.15, -0.1) is 5.10 Å². The van der Waals surface area contributed by atoms with Crippen molar-refractivity contribution in [2.75, 3.05) is 17.7 Å². The third kappa shape index (κ3) is 4.83. The molecule has 3 aromatic rings. The summed E-state index contributed by atoms with van der Waals surface area (Å²) >= 11 is 7.44. The molecule has 0 spiro atoms. The molecular formula is C16H19ClN8S. The van der Waals surface area contributed by atoms with Crippen LogP contribution in [0.25, 0.3) is 5.95 Å². The first-order valence-electron chi connectivity index (χ1n) is 8.03. The second-order valence-corrected chi connectivity index (χ2v) is 7.10. The van der Waals surface area contributed by atoms with Gasteiger partial charge in [0, 0.05) is 23.9 Å². The molecule has 26 heavy (non-hydrogen) atoms. The van der Waals surface area contributed by atoms with Crippen LogP contribution in [0.1, 0.15) is 19.4 Å². The molecule has 0 aliphatic rings. The van der Waals surface area contributed by atoms with Crippen LogP contribution in [0.5, 0.6) is 0 Å². The van der Waals surface area contributed by atoms with Crippen molar-refractivity contribution in [1.29, 1.82) is 0 Å². The number of hydrogen-bond acceptors (Lipinski definition) is 8. The van der Waals surface area contributed by atoms with E-state index >= 15 is 0 Å². The summed E-state index contributed by atoms with van der Waals surface area (Å²) in [6.07, 6.45) is 1.60. The lowest BCUT2D eigenvalue weighted by Gasteiger charge is -2.10. The average molecular weight is 391 g/mol. The van der Waals surface area contributed by atoms with Crippen LogP contribution >= 0.6 is 23.4 Å². The Hall–Kier alpha value is -2.39. The van der Waals surface area contributed by atoms with E-state index in [-0.39, 0.29) is 6.04 Å². The van der Waals surface area contributed by atoms with Gasteiger partial charge in [-0.05, 0) is 31.5 Å². The van der Waals surface area contributed by atoms with Gasteiger partial charge in [-0.3, -0.25) is 0 Å². The second-order valence-electron chi connectivity index (χ2n) is 5.72. The molecule has 136 valence electrons. The second kappa shape index (κ2) is 8.33. The molecule has 8 nitrogen and oxygen atoms in total. The molecule has 2 N–H and O–H groups in total. The van der Waals surface area contributed by atoms with Gasteiger partial charge in [0.1, 0.15) is 6.33 Å². The van der Waals surface area contributed by atoms with Crippen LogP contribution in [0.4, 0.5) is 11.9 Å². The lowest BCUT2D eigenvalue weighted by molar-refractivity contribution is 0.765. The molecule has 2 aromatic heterocycles. The van der Waals surface area contributed by atoms with Gasteiger partial charge < -0.3 is 10.6 Å². The highest BCUT2D eigenvalue weighted by molar-refractivity contribution is 7.98. The molecule has 0 saturated carbocycles. The Labute approximate surface area is 160 Å². The molecule has 0 aliphatic carbocycles. The van der Waals surface area contributed by atoms with E-state index in [2.05, 4.69) is 35.7 Å². The number of anilines is 2. The standard InChI is InChI=1S/C16H19ClN8S/c1-10(2)20-14-21-13(18-3)22-15(23-14)25-9-19-16(24-25)26-8-11-4-6-12(17)7-5-11/h4-7,9-10H,8H2,1-3H3,(H2,18,20,21,22,23). The Morgan fingerprint density at radius 1 is 1.12 bits per heavy atom. The zero-order valence-electron chi connectivity index (χ0n) is 14.6. The van der Waals surface area contributed by atoms with Gasteiger partial charge in [-0.2, -0.15) is 19.6 Å². The minimum Gasteiger partial charge on any atom is -0.357 e. The van der Waals surface area contributed by atoms with Crippen molar-refractivity contribution in [2.24, 2.45) is 0 Å². The summed E-state index contributed by atoms with van der Waals surface area (Å²) in [4.78, 5) is 17.3. The van der Waals surface area contributed by atoms with Gasteiger partial charge in [0.2, 0.25) is 17.1 Å². The minimum absolute atomic E-state index is 0.205. The number of aromatic nitrogens is 6. The van der Waals surface area contributed by atoms with E-state index in [0.717, 1.165) is 16.3 Å². The maximum absolute atomic E-state index is 5.90. The first-order chi connectivity index (χ1) is 12.5. The number of nitrogens with zero attached hydrogens (tertiary/aromatic N) is 6. The molecule has 2 heterocycles. The zero-order chi connectivity index (χ0) is 18.5. The molecule has 0 fully saturated rings. The zero-order valence-corrected chi connectivity index (χ0v) is 16.2. The quantitative estimate of drug-likeness (QED) is 0.594. The van der Waals surface area contributed by atoms with Crippen LogP contribution < -0.4 is 10.6 Å². The fourth-order valence-corrected chi connectivity index (χ4v) is 2.92. The maximum atomic E-state index is 5.90. The Morgan fingerprint density at radius 2 is 1.85 bits per heavy atom. The summed E-state index contributed by atoms with van der Waals surface area (Å²) in [6.45, 7) is 4.03. The summed E-state index contributed by atoms with van der Waals surface area (Å²) in [6, 6.07) is 7.92. The molecule has 1 aromatic carbocycles. The van der Waals surface area contributed by atoms with Crippen molar-refractivity contribution < 1.29 is 0 Å². The Balaban J connectivity index is 1.75. The lowest BCUT2D eigenvalue weighted by Crippen LogP contribution is -2.16. The third-order valence-electron chi connectivity index (χ3n) is 3.22. The topological polar surface area (TPSA) is 93.4 Å². The van der Waals surface area contributed by atoms with Crippen molar-refractivity contribution in [3.8, 4) is 5.95 Å². The van der Waals surface area contributed by atoms with E-state index in [1.54, 1.807) is 13.4 Å². The van der Waals surface area contributed by atoms with Crippen molar-refractivity contribution in [2.45, 2.75) is 30.8 Å². The molecule has 0 aliphatic heterocycles. The van der Waals surface area contributed by atoms with Gasteiger partial charge in [0.05, 0.1) is 0 Å². The van der Waals surface area contributed by atoms with Crippen LogP contribution in [0, 0.1) is 0 Å².